The Bertz CT molecular complexity index is 1210. The number of H-pyrrole nitrogens is 1. The first-order valence-electron chi connectivity index (χ1n) is 9.29. The van der Waals surface area contributed by atoms with Crippen LogP contribution in [-0.4, -0.2) is 43.9 Å². The second-order valence-corrected chi connectivity index (χ2v) is 9.39. The molecule has 164 valence electrons. The number of hydrogen-bond acceptors (Lipinski definition) is 7. The minimum absolute atomic E-state index is 0.0417. The first-order valence-corrected chi connectivity index (χ1v) is 11.7. The van der Waals surface area contributed by atoms with Gasteiger partial charge in [0.2, 0.25) is 15.9 Å². The number of rotatable bonds is 8. The van der Waals surface area contributed by atoms with E-state index < -0.39 is 16.0 Å². The first kappa shape index (κ1) is 22.7. The minimum atomic E-state index is -3.70. The van der Waals surface area contributed by atoms with Crippen molar-refractivity contribution in [3.8, 4) is 11.3 Å². The van der Waals surface area contributed by atoms with Gasteiger partial charge in [0.05, 0.1) is 17.7 Å². The van der Waals surface area contributed by atoms with E-state index in [1.54, 1.807) is 42.8 Å². The first-order chi connectivity index (χ1) is 14.7. The molecule has 2 heterocycles. The summed E-state index contributed by atoms with van der Waals surface area (Å²) in [5.41, 5.74) is 3.18. The molecule has 0 spiro atoms. The highest BCUT2D eigenvalue weighted by molar-refractivity contribution is 7.89. The standard InChI is InChI=1S/C20H22N4O5S2/c1-12-4-5-17(13(2)8-12)31(27,28)22-7-6-18(25)24-20-23-16(11-30-20)14-9-15(21-10-14)19(26)29-3/h4-5,8-11,21-22H,6-7H2,1-3H3,(H,23,24,25). The summed E-state index contributed by atoms with van der Waals surface area (Å²) in [7, 11) is -2.41. The van der Waals surface area contributed by atoms with Gasteiger partial charge in [-0.3, -0.25) is 4.79 Å². The fourth-order valence-corrected chi connectivity index (χ4v) is 4.89. The maximum absolute atomic E-state index is 12.4. The maximum Gasteiger partial charge on any atom is 0.354 e. The van der Waals surface area contributed by atoms with E-state index in [9.17, 15) is 18.0 Å². The van der Waals surface area contributed by atoms with Gasteiger partial charge < -0.3 is 15.0 Å². The average Bonchev–Trinajstić information content (AvgIpc) is 3.36. The van der Waals surface area contributed by atoms with Crippen molar-refractivity contribution in [1.29, 1.82) is 0 Å². The van der Waals surface area contributed by atoms with Crippen molar-refractivity contribution < 1.29 is 22.7 Å². The molecule has 31 heavy (non-hydrogen) atoms. The third-order valence-corrected chi connectivity index (χ3v) is 6.78. The number of benzene rings is 1. The number of thiazole rings is 1. The Morgan fingerprint density at radius 2 is 2.00 bits per heavy atom. The van der Waals surface area contributed by atoms with Crippen LogP contribution in [0.25, 0.3) is 11.3 Å². The zero-order chi connectivity index (χ0) is 22.6. The number of hydrogen-bond donors (Lipinski definition) is 3. The Hall–Kier alpha value is -3.02. The third-order valence-electron chi connectivity index (χ3n) is 4.40. The van der Waals surface area contributed by atoms with Gasteiger partial charge in [-0.1, -0.05) is 17.7 Å². The number of aromatic nitrogens is 2. The number of nitrogens with zero attached hydrogens (tertiary/aromatic N) is 1. The predicted molar refractivity (Wildman–Crippen MR) is 118 cm³/mol. The van der Waals surface area contributed by atoms with Gasteiger partial charge in [0, 0.05) is 30.1 Å². The number of nitrogens with one attached hydrogen (secondary N) is 3. The van der Waals surface area contributed by atoms with Gasteiger partial charge in [-0.2, -0.15) is 0 Å². The fourth-order valence-electron chi connectivity index (χ4n) is 2.89. The Balaban J connectivity index is 1.54. The number of ether oxygens (including phenoxy) is 1. The van der Waals surface area contributed by atoms with E-state index >= 15 is 0 Å². The molecule has 0 atom stereocenters. The molecule has 1 amide bonds. The molecule has 0 saturated heterocycles. The number of anilines is 1. The minimum Gasteiger partial charge on any atom is -0.464 e. The Morgan fingerprint density at radius 1 is 1.23 bits per heavy atom. The van der Waals surface area contributed by atoms with Crippen molar-refractivity contribution in [2.24, 2.45) is 0 Å². The second kappa shape index (κ2) is 9.41. The molecule has 0 aliphatic rings. The predicted octanol–water partition coefficient (Wildman–Crippen LogP) is 2.85. The average molecular weight is 463 g/mol. The third kappa shape index (κ3) is 5.57. The van der Waals surface area contributed by atoms with Gasteiger partial charge in [0.15, 0.2) is 5.13 Å². The van der Waals surface area contributed by atoms with Crippen molar-refractivity contribution >= 4 is 38.4 Å². The molecule has 0 aliphatic carbocycles. The molecule has 0 fully saturated rings. The van der Waals surface area contributed by atoms with Gasteiger partial charge in [-0.15, -0.1) is 11.3 Å². The lowest BCUT2D eigenvalue weighted by Gasteiger charge is -2.09. The number of sulfonamides is 1. The number of carbonyl (C=O) groups excluding carboxylic acids is 2. The fraction of sp³-hybridized carbons (Fsp3) is 0.250. The molecule has 3 rings (SSSR count). The molecular weight excluding hydrogens is 440 g/mol. The molecular formula is C20H22N4O5S2. The van der Waals surface area contributed by atoms with Crippen molar-refractivity contribution in [3.63, 3.8) is 0 Å². The van der Waals surface area contributed by atoms with Crippen LogP contribution in [0.4, 0.5) is 5.13 Å². The lowest BCUT2D eigenvalue weighted by atomic mass is 10.2. The summed E-state index contributed by atoms with van der Waals surface area (Å²) in [5, 5.41) is 4.76. The van der Waals surface area contributed by atoms with Crippen LogP contribution in [0.1, 0.15) is 28.0 Å². The molecule has 3 aromatic rings. The summed E-state index contributed by atoms with van der Waals surface area (Å²) >= 11 is 1.22. The topological polar surface area (TPSA) is 130 Å². The van der Waals surface area contributed by atoms with Crippen molar-refractivity contribution in [1.82, 2.24) is 14.7 Å². The molecule has 0 bridgehead atoms. The second-order valence-electron chi connectivity index (χ2n) is 6.80. The maximum atomic E-state index is 12.4. The van der Waals surface area contributed by atoms with Crippen molar-refractivity contribution in [2.75, 3.05) is 19.0 Å². The van der Waals surface area contributed by atoms with Gasteiger partial charge >= 0.3 is 5.97 Å². The van der Waals surface area contributed by atoms with Crippen molar-refractivity contribution in [2.45, 2.75) is 25.2 Å². The van der Waals surface area contributed by atoms with Crippen LogP contribution >= 0.6 is 11.3 Å². The van der Waals surface area contributed by atoms with E-state index in [2.05, 4.69) is 24.7 Å². The van der Waals surface area contributed by atoms with Crippen LogP contribution in [0, 0.1) is 13.8 Å². The van der Waals surface area contributed by atoms with Crippen LogP contribution in [0.3, 0.4) is 0 Å². The normalized spacial score (nSPS) is 11.3. The van der Waals surface area contributed by atoms with E-state index in [0.717, 1.165) is 5.56 Å². The number of amides is 1. The molecule has 0 unspecified atom stereocenters. The van der Waals surface area contributed by atoms with E-state index in [1.807, 2.05) is 6.92 Å². The zero-order valence-electron chi connectivity index (χ0n) is 17.2. The van der Waals surface area contributed by atoms with E-state index in [4.69, 9.17) is 0 Å². The molecule has 9 nitrogen and oxygen atoms in total. The molecule has 0 saturated carbocycles. The highest BCUT2D eigenvalue weighted by Gasteiger charge is 2.17. The SMILES string of the molecule is COC(=O)c1cc(-c2csc(NC(=O)CCNS(=O)(=O)c3ccc(C)cc3C)n2)c[nH]1. The van der Waals surface area contributed by atoms with E-state index in [1.165, 1.54) is 18.4 Å². The summed E-state index contributed by atoms with van der Waals surface area (Å²) in [6.45, 7) is 3.58. The lowest BCUT2D eigenvalue weighted by Crippen LogP contribution is -2.28. The number of methoxy groups -OCH3 is 1. The van der Waals surface area contributed by atoms with Gasteiger partial charge in [-0.25, -0.2) is 22.9 Å². The van der Waals surface area contributed by atoms with E-state index in [-0.39, 0.29) is 23.8 Å². The Morgan fingerprint density at radius 3 is 2.71 bits per heavy atom. The quantitative estimate of drug-likeness (QED) is 0.441. The zero-order valence-corrected chi connectivity index (χ0v) is 18.8. The Kier molecular flexibility index (Phi) is 6.88. The highest BCUT2D eigenvalue weighted by atomic mass is 32.2. The summed E-state index contributed by atoms with van der Waals surface area (Å²) in [6.07, 6.45) is 1.57. The number of esters is 1. The number of aromatic amines is 1. The van der Waals surface area contributed by atoms with Crippen molar-refractivity contribution in [3.05, 3.63) is 52.7 Å². The number of carbonyl (C=O) groups is 2. The summed E-state index contributed by atoms with van der Waals surface area (Å²) < 4.78 is 32.0. The Labute approximate surface area is 183 Å². The largest absolute Gasteiger partial charge is 0.464 e. The smallest absolute Gasteiger partial charge is 0.354 e. The summed E-state index contributed by atoms with van der Waals surface area (Å²) in [5.74, 6) is -0.855. The summed E-state index contributed by atoms with van der Waals surface area (Å²) in [4.78, 5) is 31.0. The molecule has 2 aromatic heterocycles. The van der Waals surface area contributed by atoms with Crippen LogP contribution in [0.15, 0.2) is 40.7 Å². The highest BCUT2D eigenvalue weighted by Crippen LogP contribution is 2.25. The lowest BCUT2D eigenvalue weighted by molar-refractivity contribution is -0.116. The number of aryl methyl sites for hydroxylation is 2. The summed E-state index contributed by atoms with van der Waals surface area (Å²) in [6, 6.07) is 6.68. The van der Waals surface area contributed by atoms with Crippen LogP contribution in [0.2, 0.25) is 0 Å². The van der Waals surface area contributed by atoms with Gasteiger partial charge in [0.1, 0.15) is 5.69 Å². The molecule has 1 aromatic carbocycles. The van der Waals surface area contributed by atoms with Crippen LogP contribution < -0.4 is 10.0 Å². The molecule has 11 heteroatoms. The molecule has 3 N–H and O–H groups in total. The molecule has 0 radical (unpaired) electrons. The van der Waals surface area contributed by atoms with Crippen LogP contribution in [0.5, 0.6) is 0 Å². The monoisotopic (exact) mass is 462 g/mol. The molecule has 0 aliphatic heterocycles. The van der Waals surface area contributed by atoms with Gasteiger partial charge in [-0.05, 0) is 31.5 Å². The van der Waals surface area contributed by atoms with Gasteiger partial charge in [0.25, 0.3) is 0 Å². The van der Waals surface area contributed by atoms with E-state index in [0.29, 0.717) is 27.6 Å². The van der Waals surface area contributed by atoms with Crippen LogP contribution in [-0.2, 0) is 19.6 Å².